The van der Waals surface area contributed by atoms with E-state index in [2.05, 4.69) is 10.6 Å². The van der Waals surface area contributed by atoms with Gasteiger partial charge in [0.1, 0.15) is 18.7 Å². The van der Waals surface area contributed by atoms with Crippen LogP contribution in [0.3, 0.4) is 0 Å². The molecule has 1 aliphatic rings. The summed E-state index contributed by atoms with van der Waals surface area (Å²) in [7, 11) is 0. The van der Waals surface area contributed by atoms with Crippen LogP contribution < -0.4 is 10.6 Å². The van der Waals surface area contributed by atoms with Gasteiger partial charge in [0.05, 0.1) is 6.61 Å². The highest BCUT2D eigenvalue weighted by Gasteiger charge is 2.30. The van der Waals surface area contributed by atoms with Crippen molar-refractivity contribution >= 4 is 29.7 Å². The molecule has 0 heterocycles. The smallest absolute Gasteiger partial charge is 0.407 e. The largest absolute Gasteiger partial charge is 0.480 e. The second-order valence-electron chi connectivity index (χ2n) is 7.39. The number of thioether (sulfide) groups is 1. The Hall–Kier alpha value is -3.04. The maximum absolute atomic E-state index is 12.5. The summed E-state index contributed by atoms with van der Waals surface area (Å²) in [5, 5.41) is 22.9. The summed E-state index contributed by atoms with van der Waals surface area (Å²) in [6.07, 6.45) is 1.38. The van der Waals surface area contributed by atoms with E-state index >= 15 is 0 Å². The molecular formula is C23H26N2O6S. The third-order valence-electron chi connectivity index (χ3n) is 5.36. The highest BCUT2D eigenvalue weighted by molar-refractivity contribution is 7.98. The van der Waals surface area contributed by atoms with Crippen molar-refractivity contribution in [2.45, 2.75) is 24.4 Å². The molecule has 0 saturated heterocycles. The molecule has 0 aliphatic heterocycles. The standard InChI is InChI=1S/C23H26N2O6S/c1-32-11-10-19(21(27)24-20(12-26)22(28)29)25-23(30)31-13-18-16-8-4-2-6-14(16)15-7-3-5-9-17(15)18/h2-9,18-20,26H,10-13H2,1H3,(H,24,27)(H,25,30)(H,28,29)/t19-,20+/m1/s1. The molecule has 2 aromatic carbocycles. The highest BCUT2D eigenvalue weighted by Crippen LogP contribution is 2.44. The number of aliphatic hydroxyl groups is 1. The minimum atomic E-state index is -1.44. The SMILES string of the molecule is CSCC[C@@H](NC(=O)OCC1c2ccccc2-c2ccccc21)C(=O)N[C@@H](CO)C(=O)O. The van der Waals surface area contributed by atoms with E-state index in [9.17, 15) is 14.4 Å². The van der Waals surface area contributed by atoms with Crippen molar-refractivity contribution in [3.05, 3.63) is 59.7 Å². The lowest BCUT2D eigenvalue weighted by atomic mass is 9.98. The molecule has 3 rings (SSSR count). The molecule has 0 unspecified atom stereocenters. The number of hydrogen-bond acceptors (Lipinski definition) is 6. The van der Waals surface area contributed by atoms with Crippen LogP contribution in [0.2, 0.25) is 0 Å². The first-order chi connectivity index (χ1) is 15.5. The second kappa shape index (κ2) is 11.0. The number of benzene rings is 2. The van der Waals surface area contributed by atoms with Gasteiger partial charge in [-0.15, -0.1) is 0 Å². The van der Waals surface area contributed by atoms with Gasteiger partial charge in [0.25, 0.3) is 0 Å². The van der Waals surface area contributed by atoms with Crippen molar-refractivity contribution in [1.29, 1.82) is 0 Å². The van der Waals surface area contributed by atoms with Crippen LogP contribution >= 0.6 is 11.8 Å². The molecular weight excluding hydrogens is 432 g/mol. The van der Waals surface area contributed by atoms with E-state index in [-0.39, 0.29) is 18.9 Å². The summed E-state index contributed by atoms with van der Waals surface area (Å²) in [6, 6.07) is 13.5. The Morgan fingerprint density at radius 1 is 1.00 bits per heavy atom. The topological polar surface area (TPSA) is 125 Å². The molecule has 0 radical (unpaired) electrons. The number of carboxylic acids is 1. The molecule has 2 aromatic rings. The van der Waals surface area contributed by atoms with Gasteiger partial charge in [0.2, 0.25) is 5.91 Å². The minimum absolute atomic E-state index is 0.102. The van der Waals surface area contributed by atoms with Crippen LogP contribution in [0.5, 0.6) is 0 Å². The van der Waals surface area contributed by atoms with Gasteiger partial charge >= 0.3 is 12.1 Å². The van der Waals surface area contributed by atoms with Gasteiger partial charge in [-0.25, -0.2) is 9.59 Å². The zero-order valence-corrected chi connectivity index (χ0v) is 18.4. The summed E-state index contributed by atoms with van der Waals surface area (Å²) >= 11 is 1.49. The van der Waals surface area contributed by atoms with Gasteiger partial charge in [0.15, 0.2) is 0 Å². The molecule has 8 nitrogen and oxygen atoms in total. The number of hydrogen-bond donors (Lipinski definition) is 4. The maximum atomic E-state index is 12.5. The van der Waals surface area contributed by atoms with Crippen molar-refractivity contribution in [3.63, 3.8) is 0 Å². The van der Waals surface area contributed by atoms with E-state index in [1.807, 2.05) is 54.8 Å². The van der Waals surface area contributed by atoms with Crippen LogP contribution in [-0.2, 0) is 14.3 Å². The van der Waals surface area contributed by atoms with Crippen molar-refractivity contribution in [3.8, 4) is 11.1 Å². The van der Waals surface area contributed by atoms with Crippen LogP contribution in [0.25, 0.3) is 11.1 Å². The Kier molecular flexibility index (Phi) is 8.13. The molecule has 0 fully saturated rings. The average Bonchev–Trinajstić information content (AvgIpc) is 3.12. The lowest BCUT2D eigenvalue weighted by Crippen LogP contribution is -2.53. The van der Waals surface area contributed by atoms with E-state index in [0.717, 1.165) is 22.3 Å². The second-order valence-corrected chi connectivity index (χ2v) is 8.37. The van der Waals surface area contributed by atoms with Crippen LogP contribution in [0.4, 0.5) is 4.79 Å². The number of carbonyl (C=O) groups is 3. The lowest BCUT2D eigenvalue weighted by Gasteiger charge is -2.21. The number of aliphatic carboxylic acids is 1. The molecule has 0 saturated carbocycles. The van der Waals surface area contributed by atoms with E-state index in [0.29, 0.717) is 5.75 Å². The Morgan fingerprint density at radius 3 is 2.12 bits per heavy atom. The molecule has 0 bridgehead atoms. The fraction of sp³-hybridized carbons (Fsp3) is 0.348. The summed E-state index contributed by atoms with van der Waals surface area (Å²) in [4.78, 5) is 36.1. The molecule has 0 aromatic heterocycles. The van der Waals surface area contributed by atoms with Crippen molar-refractivity contribution in [2.75, 3.05) is 25.2 Å². The fourth-order valence-corrected chi connectivity index (χ4v) is 4.22. The summed E-state index contributed by atoms with van der Waals surface area (Å²) in [5.74, 6) is -1.59. The van der Waals surface area contributed by atoms with Gasteiger partial charge in [-0.05, 0) is 40.7 Å². The van der Waals surface area contributed by atoms with Crippen LogP contribution in [0, 0.1) is 0 Å². The average molecular weight is 459 g/mol. The Balaban J connectivity index is 1.65. The van der Waals surface area contributed by atoms with Gasteiger partial charge in [0, 0.05) is 5.92 Å². The molecule has 0 spiro atoms. The third kappa shape index (κ3) is 5.41. The van der Waals surface area contributed by atoms with Crippen LogP contribution in [0.15, 0.2) is 48.5 Å². The molecule has 2 amide bonds. The predicted molar refractivity (Wildman–Crippen MR) is 122 cm³/mol. The number of ether oxygens (including phenoxy) is 1. The Bertz CT molecular complexity index is 937. The Labute approximate surface area is 190 Å². The van der Waals surface area contributed by atoms with Gasteiger partial charge < -0.3 is 25.6 Å². The normalized spacial score (nSPS) is 14.1. The number of carbonyl (C=O) groups excluding carboxylic acids is 2. The first-order valence-corrected chi connectivity index (χ1v) is 11.6. The number of nitrogens with one attached hydrogen (secondary N) is 2. The van der Waals surface area contributed by atoms with Crippen LogP contribution in [-0.4, -0.2) is 65.5 Å². The van der Waals surface area contributed by atoms with E-state index in [1.165, 1.54) is 11.8 Å². The zero-order valence-electron chi connectivity index (χ0n) is 17.6. The van der Waals surface area contributed by atoms with Crippen molar-refractivity contribution < 1.29 is 29.3 Å². The summed E-state index contributed by atoms with van der Waals surface area (Å²) in [5.41, 5.74) is 4.37. The lowest BCUT2D eigenvalue weighted by molar-refractivity contribution is -0.143. The highest BCUT2D eigenvalue weighted by atomic mass is 32.2. The van der Waals surface area contributed by atoms with Crippen molar-refractivity contribution in [1.82, 2.24) is 10.6 Å². The maximum Gasteiger partial charge on any atom is 0.407 e. The Morgan fingerprint density at radius 2 is 1.59 bits per heavy atom. The third-order valence-corrected chi connectivity index (χ3v) is 6.00. The quantitative estimate of drug-likeness (QED) is 0.430. The number of aliphatic hydroxyl groups excluding tert-OH is 1. The molecule has 2 atom stereocenters. The fourth-order valence-electron chi connectivity index (χ4n) is 3.74. The number of fused-ring (bicyclic) bond motifs is 3. The molecule has 4 N–H and O–H groups in total. The molecule has 170 valence electrons. The van der Waals surface area contributed by atoms with E-state index in [4.69, 9.17) is 14.9 Å². The number of alkyl carbamates (subject to hydrolysis) is 1. The molecule has 9 heteroatoms. The molecule has 1 aliphatic carbocycles. The predicted octanol–water partition coefficient (Wildman–Crippen LogP) is 2.21. The first-order valence-electron chi connectivity index (χ1n) is 10.2. The zero-order chi connectivity index (χ0) is 23.1. The monoisotopic (exact) mass is 458 g/mol. The van der Waals surface area contributed by atoms with Gasteiger partial charge in [-0.3, -0.25) is 4.79 Å². The number of amides is 2. The minimum Gasteiger partial charge on any atom is -0.480 e. The molecule has 32 heavy (non-hydrogen) atoms. The summed E-state index contributed by atoms with van der Waals surface area (Å²) < 4.78 is 5.48. The van der Waals surface area contributed by atoms with E-state index in [1.54, 1.807) is 0 Å². The van der Waals surface area contributed by atoms with Gasteiger partial charge in [-0.1, -0.05) is 48.5 Å². The number of rotatable bonds is 10. The van der Waals surface area contributed by atoms with E-state index < -0.39 is 36.7 Å². The van der Waals surface area contributed by atoms with Crippen LogP contribution in [0.1, 0.15) is 23.5 Å². The van der Waals surface area contributed by atoms with Crippen molar-refractivity contribution in [2.24, 2.45) is 0 Å². The number of carboxylic acid groups (broad SMARTS) is 1. The summed E-state index contributed by atoms with van der Waals surface area (Å²) in [6.45, 7) is -0.646. The van der Waals surface area contributed by atoms with Gasteiger partial charge in [-0.2, -0.15) is 11.8 Å². The first kappa shape index (κ1) is 23.6.